The van der Waals surface area contributed by atoms with Crippen molar-refractivity contribution in [3.8, 4) is 25.0 Å². The SMILES string of the molecule is C#CON(C#C)C(=O)[C@@]1(C)CC[C@]2(C)CC[C@]3(C)C(=CC(=O)[C@@H]4[C@@]5(C)CC[C@H](OC(C)=O)C(C)(C)C5CC[C@]43C)[C@@H]2C1. The summed E-state index contributed by atoms with van der Waals surface area (Å²) in [7, 11) is 0. The van der Waals surface area contributed by atoms with E-state index in [-0.39, 0.29) is 68.6 Å². The number of nitrogens with zero attached hydrogens (tertiary/aromatic N) is 1. The molecule has 0 bridgehead atoms. The van der Waals surface area contributed by atoms with Gasteiger partial charge in [-0.05, 0) is 97.4 Å². The Morgan fingerprint density at radius 2 is 1.62 bits per heavy atom. The summed E-state index contributed by atoms with van der Waals surface area (Å²) in [5, 5.41) is 0.860. The van der Waals surface area contributed by atoms with Gasteiger partial charge in [0, 0.05) is 18.3 Å². The number of ether oxygens (including phenoxy) is 1. The second-order valence-corrected chi connectivity index (χ2v) is 16.1. The summed E-state index contributed by atoms with van der Waals surface area (Å²) in [6.07, 6.45) is 22.7. The Morgan fingerprint density at radius 3 is 2.24 bits per heavy atom. The number of fused-ring (bicyclic) bond motifs is 7. The van der Waals surface area contributed by atoms with Crippen LogP contribution in [-0.2, 0) is 24.0 Å². The van der Waals surface area contributed by atoms with Gasteiger partial charge in [-0.25, -0.2) is 0 Å². The smallest absolute Gasteiger partial charge is 0.302 e. The van der Waals surface area contributed by atoms with Crippen LogP contribution in [0.2, 0.25) is 0 Å². The molecule has 9 atom stereocenters. The topological polar surface area (TPSA) is 72.9 Å². The van der Waals surface area contributed by atoms with Gasteiger partial charge < -0.3 is 9.57 Å². The number of hydroxylamine groups is 2. The van der Waals surface area contributed by atoms with Gasteiger partial charge in [0.1, 0.15) is 12.2 Å². The van der Waals surface area contributed by atoms with Crippen molar-refractivity contribution in [1.82, 2.24) is 5.06 Å². The van der Waals surface area contributed by atoms with Crippen LogP contribution in [0, 0.1) is 75.2 Å². The Kier molecular flexibility index (Phi) is 7.05. The molecule has 5 rings (SSSR count). The van der Waals surface area contributed by atoms with Gasteiger partial charge in [-0.15, -0.1) is 0 Å². The normalized spacial score (nSPS) is 45.3. The van der Waals surface area contributed by atoms with Crippen molar-refractivity contribution in [1.29, 1.82) is 0 Å². The Hall–Kier alpha value is -2.73. The number of hydrogen-bond donors (Lipinski definition) is 0. The van der Waals surface area contributed by atoms with Crippen molar-refractivity contribution in [3.63, 3.8) is 0 Å². The number of rotatable bonds is 3. The lowest BCUT2D eigenvalue weighted by atomic mass is 9.33. The number of ketones is 1. The highest BCUT2D eigenvalue weighted by molar-refractivity contribution is 5.95. The second-order valence-electron chi connectivity index (χ2n) is 16.1. The molecular weight excluding hydrogens is 526 g/mol. The molecule has 0 aromatic heterocycles. The van der Waals surface area contributed by atoms with Gasteiger partial charge in [0.15, 0.2) is 5.78 Å². The van der Waals surface area contributed by atoms with Crippen LogP contribution in [0.4, 0.5) is 0 Å². The maximum atomic E-state index is 14.6. The van der Waals surface area contributed by atoms with Crippen LogP contribution < -0.4 is 0 Å². The lowest BCUT2D eigenvalue weighted by Gasteiger charge is -2.70. The molecule has 4 fully saturated rings. The summed E-state index contributed by atoms with van der Waals surface area (Å²) in [6.45, 7) is 17.4. The molecule has 228 valence electrons. The van der Waals surface area contributed by atoms with E-state index in [0.717, 1.165) is 50.0 Å². The van der Waals surface area contributed by atoms with Crippen LogP contribution in [0.15, 0.2) is 11.6 Å². The standard InChI is InChI=1S/C36H49NO5/c1-11-37(41-12-2)30(40)33(7)18-17-32(6)19-20-35(9)24(25(32)22-33)21-26(39)29-34(8)15-14-28(42-23(3)38)31(4,5)27(34)13-16-36(29,35)10/h1-2,21,25,27-29H,13-20,22H2,3-10H3/t25-,27?,28-,29+,32+,33-,34-,35+,36+/m0/s1. The molecule has 6 heteroatoms. The van der Waals surface area contributed by atoms with Crippen LogP contribution in [0.5, 0.6) is 0 Å². The Labute approximate surface area is 252 Å². The lowest BCUT2D eigenvalue weighted by molar-refractivity contribution is -0.210. The highest BCUT2D eigenvalue weighted by Gasteiger charge is 2.70. The van der Waals surface area contributed by atoms with Crippen molar-refractivity contribution >= 4 is 17.7 Å². The number of carbonyl (C=O) groups is 3. The predicted octanol–water partition coefficient (Wildman–Crippen LogP) is 6.84. The number of amides is 1. The zero-order valence-electron chi connectivity index (χ0n) is 26.9. The van der Waals surface area contributed by atoms with Crippen LogP contribution in [0.1, 0.15) is 113 Å². The lowest BCUT2D eigenvalue weighted by Crippen LogP contribution is -2.66. The van der Waals surface area contributed by atoms with Crippen LogP contribution in [0.25, 0.3) is 0 Å². The van der Waals surface area contributed by atoms with E-state index >= 15 is 0 Å². The van der Waals surface area contributed by atoms with Gasteiger partial charge in [0.05, 0.1) is 11.5 Å². The molecule has 5 aliphatic carbocycles. The minimum Gasteiger partial charge on any atom is -0.462 e. The van der Waals surface area contributed by atoms with E-state index in [0.29, 0.717) is 12.8 Å². The van der Waals surface area contributed by atoms with Gasteiger partial charge in [-0.2, -0.15) is 0 Å². The van der Waals surface area contributed by atoms with Gasteiger partial charge in [0.25, 0.3) is 5.91 Å². The average molecular weight is 576 g/mol. The zero-order valence-corrected chi connectivity index (χ0v) is 26.9. The third-order valence-electron chi connectivity index (χ3n) is 13.8. The minimum atomic E-state index is -0.740. The predicted molar refractivity (Wildman–Crippen MR) is 161 cm³/mol. The van der Waals surface area contributed by atoms with Crippen molar-refractivity contribution < 1.29 is 24.0 Å². The summed E-state index contributed by atoms with van der Waals surface area (Å²) >= 11 is 0. The summed E-state index contributed by atoms with van der Waals surface area (Å²) in [5.74, 6) is -0.0130. The van der Waals surface area contributed by atoms with Crippen LogP contribution in [-0.4, -0.2) is 28.8 Å². The van der Waals surface area contributed by atoms with E-state index < -0.39 is 5.41 Å². The molecule has 0 radical (unpaired) electrons. The fourth-order valence-corrected chi connectivity index (χ4v) is 11.2. The molecule has 6 nitrogen and oxygen atoms in total. The summed E-state index contributed by atoms with van der Waals surface area (Å²) in [5.41, 5.74) is -0.274. The maximum absolute atomic E-state index is 14.6. The molecular formula is C36H49NO5. The van der Waals surface area contributed by atoms with Crippen LogP contribution in [0.3, 0.4) is 0 Å². The second kappa shape index (κ2) is 9.64. The molecule has 0 heterocycles. The molecule has 0 aromatic carbocycles. The largest absolute Gasteiger partial charge is 0.462 e. The van der Waals surface area contributed by atoms with Crippen molar-refractivity contribution in [3.05, 3.63) is 11.6 Å². The van der Waals surface area contributed by atoms with Crippen LogP contribution >= 0.6 is 0 Å². The Bertz CT molecular complexity index is 1320. The first-order chi connectivity index (χ1) is 19.4. The van der Waals surface area contributed by atoms with Gasteiger partial charge in [0.2, 0.25) is 0 Å². The first-order valence-electron chi connectivity index (χ1n) is 15.8. The highest BCUT2D eigenvalue weighted by atomic mass is 16.7. The average Bonchev–Trinajstić information content (AvgIpc) is 2.90. The molecule has 0 aliphatic heterocycles. The van der Waals surface area contributed by atoms with Crippen molar-refractivity contribution in [2.75, 3.05) is 0 Å². The molecule has 1 amide bonds. The monoisotopic (exact) mass is 575 g/mol. The van der Waals surface area contributed by atoms with Gasteiger partial charge >= 0.3 is 5.97 Å². The first-order valence-corrected chi connectivity index (χ1v) is 15.8. The third kappa shape index (κ3) is 4.03. The van der Waals surface area contributed by atoms with Gasteiger partial charge in [-0.1, -0.05) is 71.9 Å². The molecule has 42 heavy (non-hydrogen) atoms. The molecule has 0 spiro atoms. The zero-order chi connectivity index (χ0) is 31.1. The van der Waals surface area contributed by atoms with E-state index in [2.05, 4.69) is 47.6 Å². The molecule has 4 saturated carbocycles. The number of esters is 1. The first kappa shape index (κ1) is 30.7. The maximum Gasteiger partial charge on any atom is 0.302 e. The molecule has 5 aliphatic rings. The Balaban J connectivity index is 1.55. The van der Waals surface area contributed by atoms with Crippen molar-refractivity contribution in [2.24, 2.45) is 50.2 Å². The summed E-state index contributed by atoms with van der Waals surface area (Å²) < 4.78 is 5.84. The fraction of sp³-hybridized carbons (Fsp3) is 0.750. The number of allylic oxidation sites excluding steroid dienone is 2. The molecule has 0 saturated heterocycles. The van der Waals surface area contributed by atoms with Crippen molar-refractivity contribution in [2.45, 2.75) is 119 Å². The van der Waals surface area contributed by atoms with E-state index in [4.69, 9.17) is 22.4 Å². The minimum absolute atomic E-state index is 0.00768. The summed E-state index contributed by atoms with van der Waals surface area (Å²) in [4.78, 5) is 45.2. The number of hydrogen-bond acceptors (Lipinski definition) is 5. The highest BCUT2D eigenvalue weighted by Crippen LogP contribution is 2.75. The number of carbonyl (C=O) groups excluding carboxylic acids is 3. The quantitative estimate of drug-likeness (QED) is 0.159. The molecule has 1 unspecified atom stereocenters. The fourth-order valence-electron chi connectivity index (χ4n) is 11.2. The molecule has 0 N–H and O–H groups in total. The molecule has 0 aromatic rings. The number of terminal acetylenes is 2. The summed E-state index contributed by atoms with van der Waals surface area (Å²) in [6, 6.07) is 2.29. The van der Waals surface area contributed by atoms with E-state index in [1.807, 2.05) is 19.1 Å². The van der Waals surface area contributed by atoms with E-state index in [9.17, 15) is 14.4 Å². The Morgan fingerprint density at radius 1 is 0.952 bits per heavy atom. The van der Waals surface area contributed by atoms with E-state index in [1.54, 1.807) is 0 Å². The van der Waals surface area contributed by atoms with Gasteiger partial charge in [-0.3, -0.25) is 14.4 Å². The van der Waals surface area contributed by atoms with E-state index in [1.165, 1.54) is 12.5 Å². The third-order valence-corrected chi connectivity index (χ3v) is 13.8.